The van der Waals surface area contributed by atoms with Crippen molar-refractivity contribution in [3.05, 3.63) is 34.9 Å². The Morgan fingerprint density at radius 1 is 1.23 bits per heavy atom. The zero-order valence-corrected chi connectivity index (χ0v) is 17.0. The van der Waals surface area contributed by atoms with Crippen molar-refractivity contribution in [2.24, 2.45) is 0 Å². The minimum Gasteiger partial charge on any atom is -0.383 e. The number of hydrogen-bond donors (Lipinski definition) is 2. The highest BCUT2D eigenvalue weighted by molar-refractivity contribution is 6.05. The highest BCUT2D eigenvalue weighted by Gasteiger charge is 2.58. The summed E-state index contributed by atoms with van der Waals surface area (Å²) in [6.07, 6.45) is 0.840. The fourth-order valence-corrected chi connectivity index (χ4v) is 4.73. The van der Waals surface area contributed by atoms with E-state index in [4.69, 9.17) is 0 Å². The molecule has 3 aliphatic rings. The molecule has 1 atom stereocenters. The molecule has 9 heteroatoms. The van der Waals surface area contributed by atoms with E-state index in [9.17, 15) is 33.1 Å². The Hall–Kier alpha value is -2.68. The molecule has 2 N–H and O–H groups in total. The van der Waals surface area contributed by atoms with E-state index < -0.39 is 35.7 Å². The zero-order chi connectivity index (χ0) is 22.4. The van der Waals surface area contributed by atoms with E-state index in [1.807, 2.05) is 0 Å². The van der Waals surface area contributed by atoms with Crippen LogP contribution in [0.1, 0.15) is 66.4 Å². The minimum atomic E-state index is -3.78. The SMILES string of the molecule is O=C1CCC(N2Cc3cc(CCC(=O)C(F)(F)C4(O)CCCC4)ccc3C2=O)C(=O)N1. The van der Waals surface area contributed by atoms with Gasteiger partial charge in [-0.3, -0.25) is 24.5 Å². The lowest BCUT2D eigenvalue weighted by Crippen LogP contribution is -2.52. The second-order valence-electron chi connectivity index (χ2n) is 8.63. The van der Waals surface area contributed by atoms with Crippen LogP contribution in [0.3, 0.4) is 0 Å². The first kappa shape index (κ1) is 21.5. The van der Waals surface area contributed by atoms with E-state index >= 15 is 0 Å². The first-order valence-electron chi connectivity index (χ1n) is 10.5. The number of nitrogens with one attached hydrogen (secondary N) is 1. The summed E-state index contributed by atoms with van der Waals surface area (Å²) in [6, 6.07) is 4.15. The van der Waals surface area contributed by atoms with E-state index in [0.29, 0.717) is 29.5 Å². The van der Waals surface area contributed by atoms with Crippen molar-refractivity contribution in [1.82, 2.24) is 10.2 Å². The van der Waals surface area contributed by atoms with Crippen LogP contribution in [0, 0.1) is 0 Å². The van der Waals surface area contributed by atoms with Crippen molar-refractivity contribution in [1.29, 1.82) is 0 Å². The number of halogens is 2. The lowest BCUT2D eigenvalue weighted by Gasteiger charge is -2.31. The Balaban J connectivity index is 1.42. The molecule has 1 aromatic rings. The van der Waals surface area contributed by atoms with Crippen molar-refractivity contribution in [2.75, 3.05) is 0 Å². The number of aryl methyl sites for hydroxylation is 1. The Morgan fingerprint density at radius 3 is 2.61 bits per heavy atom. The molecule has 3 amide bonds. The maximum absolute atomic E-state index is 14.5. The van der Waals surface area contributed by atoms with E-state index in [1.165, 1.54) is 4.90 Å². The summed E-state index contributed by atoms with van der Waals surface area (Å²) < 4.78 is 29.0. The average Bonchev–Trinajstić information content (AvgIpc) is 3.31. The van der Waals surface area contributed by atoms with Gasteiger partial charge in [0.1, 0.15) is 11.6 Å². The summed E-state index contributed by atoms with van der Waals surface area (Å²) >= 11 is 0. The first-order valence-corrected chi connectivity index (χ1v) is 10.5. The number of hydrogen-bond acceptors (Lipinski definition) is 5. The van der Waals surface area contributed by atoms with E-state index in [1.54, 1.807) is 18.2 Å². The molecule has 0 bridgehead atoms. The van der Waals surface area contributed by atoms with Crippen LogP contribution in [-0.4, -0.2) is 51.1 Å². The molecule has 1 saturated carbocycles. The highest BCUT2D eigenvalue weighted by Crippen LogP contribution is 2.43. The van der Waals surface area contributed by atoms with Gasteiger partial charge in [-0.25, -0.2) is 0 Å². The van der Waals surface area contributed by atoms with Gasteiger partial charge in [0.15, 0.2) is 0 Å². The summed E-state index contributed by atoms with van der Waals surface area (Å²) in [7, 11) is 0. The van der Waals surface area contributed by atoms with Gasteiger partial charge in [0, 0.05) is 24.9 Å². The van der Waals surface area contributed by atoms with Crippen LogP contribution in [0.5, 0.6) is 0 Å². The van der Waals surface area contributed by atoms with Crippen LogP contribution in [0.2, 0.25) is 0 Å². The molecule has 2 heterocycles. The maximum atomic E-state index is 14.5. The topological polar surface area (TPSA) is 104 Å². The molecule has 0 spiro atoms. The van der Waals surface area contributed by atoms with Crippen LogP contribution in [0.4, 0.5) is 8.78 Å². The van der Waals surface area contributed by atoms with Crippen LogP contribution < -0.4 is 5.32 Å². The van der Waals surface area contributed by atoms with Gasteiger partial charge in [-0.15, -0.1) is 0 Å². The molecule has 2 fully saturated rings. The Kier molecular flexibility index (Phi) is 5.41. The number of benzene rings is 1. The minimum absolute atomic E-state index is 0.0599. The number of nitrogens with zero attached hydrogens (tertiary/aromatic N) is 1. The smallest absolute Gasteiger partial charge is 0.333 e. The molecule has 2 aliphatic heterocycles. The van der Waals surface area contributed by atoms with Gasteiger partial charge in [-0.1, -0.05) is 25.0 Å². The van der Waals surface area contributed by atoms with Crippen molar-refractivity contribution < 1.29 is 33.1 Å². The van der Waals surface area contributed by atoms with Gasteiger partial charge in [0.05, 0.1) is 0 Å². The van der Waals surface area contributed by atoms with Crippen molar-refractivity contribution in [2.45, 2.75) is 75.5 Å². The Labute approximate surface area is 177 Å². The fraction of sp³-hybridized carbons (Fsp3) is 0.545. The monoisotopic (exact) mass is 434 g/mol. The van der Waals surface area contributed by atoms with Crippen LogP contribution in [0.15, 0.2) is 18.2 Å². The van der Waals surface area contributed by atoms with Crippen molar-refractivity contribution in [3.63, 3.8) is 0 Å². The number of fused-ring (bicyclic) bond motifs is 1. The number of rotatable bonds is 6. The lowest BCUT2D eigenvalue weighted by molar-refractivity contribution is -0.188. The standard InChI is InChI=1S/C22H24F2N2O5/c23-22(24,21(31)9-1-2-10-21)17(27)7-4-13-3-5-15-14(11-13)12-26(20(15)30)16-6-8-18(28)25-19(16)29/h3,5,11,16,31H,1-2,4,6-10,12H2,(H,25,28,29). The summed E-state index contributed by atoms with van der Waals surface area (Å²) in [6.45, 7) is 0.179. The Morgan fingerprint density at radius 2 is 1.94 bits per heavy atom. The number of alkyl halides is 2. The normalized spacial score (nSPS) is 23.1. The molecule has 1 unspecified atom stereocenters. The van der Waals surface area contributed by atoms with E-state index in [2.05, 4.69) is 5.32 Å². The van der Waals surface area contributed by atoms with Gasteiger partial charge < -0.3 is 10.0 Å². The molecular formula is C22H24F2N2O5. The van der Waals surface area contributed by atoms with Crippen LogP contribution in [-0.2, 0) is 27.3 Å². The fourth-order valence-electron chi connectivity index (χ4n) is 4.73. The van der Waals surface area contributed by atoms with Crippen molar-refractivity contribution >= 4 is 23.5 Å². The summed E-state index contributed by atoms with van der Waals surface area (Å²) in [4.78, 5) is 49.7. The zero-order valence-electron chi connectivity index (χ0n) is 17.0. The summed E-state index contributed by atoms with van der Waals surface area (Å²) in [5.74, 6) is -6.24. The second kappa shape index (κ2) is 7.78. The van der Waals surface area contributed by atoms with E-state index in [0.717, 1.165) is 0 Å². The first-order chi connectivity index (χ1) is 14.6. The van der Waals surface area contributed by atoms with Crippen LogP contribution in [0.25, 0.3) is 0 Å². The van der Waals surface area contributed by atoms with E-state index in [-0.39, 0.29) is 50.5 Å². The average molecular weight is 434 g/mol. The molecule has 166 valence electrons. The van der Waals surface area contributed by atoms with Crippen molar-refractivity contribution in [3.8, 4) is 0 Å². The number of amides is 3. The number of aliphatic hydroxyl groups is 1. The third-order valence-electron chi connectivity index (χ3n) is 6.59. The van der Waals surface area contributed by atoms with Crippen LogP contribution >= 0.6 is 0 Å². The van der Waals surface area contributed by atoms with Gasteiger partial charge in [-0.2, -0.15) is 8.78 Å². The number of carbonyl (C=O) groups excluding carboxylic acids is 4. The van der Waals surface area contributed by atoms with Gasteiger partial charge in [0.25, 0.3) is 5.91 Å². The number of piperidine rings is 1. The number of ketones is 1. The predicted molar refractivity (Wildman–Crippen MR) is 104 cm³/mol. The number of imide groups is 1. The van der Waals surface area contributed by atoms with Gasteiger partial charge in [0.2, 0.25) is 17.6 Å². The molecule has 1 aromatic carbocycles. The predicted octanol–water partition coefficient (Wildman–Crippen LogP) is 1.89. The molecule has 1 aliphatic carbocycles. The third-order valence-corrected chi connectivity index (χ3v) is 6.59. The number of Topliss-reactive ketones (excluding diaryl/α,β-unsaturated/α-hetero) is 1. The quantitative estimate of drug-likeness (QED) is 0.666. The summed E-state index contributed by atoms with van der Waals surface area (Å²) in [5, 5.41) is 12.4. The maximum Gasteiger partial charge on any atom is 0.333 e. The second-order valence-corrected chi connectivity index (χ2v) is 8.63. The molecule has 7 nitrogen and oxygen atoms in total. The molecule has 4 rings (SSSR count). The molecular weight excluding hydrogens is 410 g/mol. The molecule has 0 radical (unpaired) electrons. The number of carbonyl (C=O) groups is 4. The Bertz CT molecular complexity index is 955. The lowest BCUT2D eigenvalue weighted by atomic mass is 9.88. The highest BCUT2D eigenvalue weighted by atomic mass is 19.3. The van der Waals surface area contributed by atoms with Gasteiger partial charge >= 0.3 is 5.92 Å². The third kappa shape index (κ3) is 3.75. The largest absolute Gasteiger partial charge is 0.383 e. The molecule has 31 heavy (non-hydrogen) atoms. The molecule has 1 saturated heterocycles. The summed E-state index contributed by atoms with van der Waals surface area (Å²) in [5.41, 5.74) is -0.554. The van der Waals surface area contributed by atoms with Gasteiger partial charge in [-0.05, 0) is 42.9 Å². The molecule has 0 aromatic heterocycles.